The molecular weight excluding hydrogens is 1660 g/mol. The zero-order valence-corrected chi connectivity index (χ0v) is 89.0. The van der Waals surface area contributed by atoms with E-state index in [4.69, 9.17) is 0 Å². The van der Waals surface area contributed by atoms with Gasteiger partial charge in [0.2, 0.25) is 0 Å². The van der Waals surface area contributed by atoms with Crippen LogP contribution in [0.25, 0.3) is 11.1 Å². The van der Waals surface area contributed by atoms with Crippen LogP contribution in [0.2, 0.25) is 13.1 Å². The van der Waals surface area contributed by atoms with Crippen LogP contribution in [0.4, 0.5) is 56.9 Å². The summed E-state index contributed by atoms with van der Waals surface area (Å²) in [5, 5.41) is 8.88. The second-order valence-corrected chi connectivity index (χ2v) is 40.1. The van der Waals surface area contributed by atoms with E-state index in [-0.39, 0.29) is 16.2 Å². The van der Waals surface area contributed by atoms with E-state index in [1.165, 1.54) is 144 Å². The molecular formula is C128H155N5Si2. The topological polar surface area (TPSA) is 16.2 Å². The molecule has 0 radical (unpaired) electrons. The predicted octanol–water partition coefficient (Wildman–Crippen LogP) is 32.4. The average molecular weight is 1820 g/mol. The molecule has 0 saturated carbocycles. The molecule has 0 bridgehead atoms. The maximum Gasteiger partial charge on any atom is 0.183 e. The molecule has 1 aliphatic carbocycles. The van der Waals surface area contributed by atoms with Gasteiger partial charge in [0.15, 0.2) is 8.07 Å². The highest BCUT2D eigenvalue weighted by molar-refractivity contribution is 7.21. The van der Waals surface area contributed by atoms with Gasteiger partial charge in [0, 0.05) is 97.5 Å². The fraction of sp³-hybridized carbons (Fsp3) is 0.250. The molecule has 0 aromatic heterocycles. The maximum absolute atomic E-state index is 2.44. The fourth-order valence-corrected chi connectivity index (χ4v) is 28.5. The molecule has 135 heavy (non-hydrogen) atoms. The zero-order valence-electron chi connectivity index (χ0n) is 87.0. The third kappa shape index (κ3) is 20.2. The van der Waals surface area contributed by atoms with Gasteiger partial charge in [-0.05, 0) is 159 Å². The monoisotopic (exact) mass is 1820 g/mol. The summed E-state index contributed by atoms with van der Waals surface area (Å²) in [6.07, 6.45) is 0. The van der Waals surface area contributed by atoms with Crippen molar-refractivity contribution in [1.82, 2.24) is 0 Å². The standard InChI is InChI=1S/C26H19N.C26H21N.C25H21NSi.C16H17N.C15H17NSi.10C2H6/c1-27-24-16-8-6-14-22(24)26(23-15-7-9-17-25(23)27)20-12-4-2-10-18(20)19-11-3-5-13-21(19)26;1-27-24-18-10-8-16-22(24)26(20-12-4-2-5-13-20,21-14-6-3-7-15-21)23-17-9-11-19-25(23)27;1-26-22-16-8-10-18-24(22)27(20-12-4-2-5-13-20,21-14-6-3-7-15-21)25-19-11-9-17-23(25)26;1-16(2)12-8-4-6-10-14(12)17(3)15-11-7-5-9-13(15)16;1-16-12-8-4-6-10-14(12)17(2,3)15-11-7-5-9-13(15)16;10*1-2/h2-17H,1H3;2*2-19H,1H3;2*4-11H,1-3H3;10*1-2H3. The Kier molecular flexibility index (Phi) is 40.9. The van der Waals surface area contributed by atoms with E-state index in [2.05, 4.69) is 499 Å². The molecule has 1 spiro atoms. The molecule has 5 heterocycles. The van der Waals surface area contributed by atoms with Crippen LogP contribution in [-0.2, 0) is 16.2 Å². The molecule has 5 nitrogen and oxygen atoms in total. The summed E-state index contributed by atoms with van der Waals surface area (Å²) in [5.41, 5.74) is 28.8. The maximum atomic E-state index is 2.44. The minimum absolute atomic E-state index is 0.0830. The Morgan fingerprint density at radius 3 is 0.622 bits per heavy atom. The molecule has 0 saturated heterocycles. The average Bonchev–Trinajstić information content (AvgIpc) is 1.51. The molecule has 16 aromatic carbocycles. The lowest BCUT2D eigenvalue weighted by atomic mass is 9.62. The van der Waals surface area contributed by atoms with Crippen molar-refractivity contribution in [1.29, 1.82) is 0 Å². The van der Waals surface area contributed by atoms with Gasteiger partial charge in [-0.3, -0.25) is 0 Å². The lowest BCUT2D eigenvalue weighted by Gasteiger charge is -2.45. The second kappa shape index (κ2) is 51.4. The van der Waals surface area contributed by atoms with Crippen molar-refractivity contribution in [3.05, 3.63) is 468 Å². The summed E-state index contributed by atoms with van der Waals surface area (Å²) in [7, 11) is 6.97. The highest BCUT2D eigenvalue weighted by atomic mass is 28.3. The van der Waals surface area contributed by atoms with Gasteiger partial charge in [0.25, 0.3) is 0 Å². The molecule has 6 aliphatic rings. The minimum Gasteiger partial charge on any atom is -0.345 e. The molecule has 0 atom stereocenters. The lowest BCUT2D eigenvalue weighted by Crippen LogP contribution is -2.77. The molecule has 22 rings (SSSR count). The van der Waals surface area contributed by atoms with Crippen LogP contribution in [-0.4, -0.2) is 51.4 Å². The Bertz CT molecular complexity index is 5470. The first-order chi connectivity index (χ1) is 66.2. The lowest BCUT2D eigenvalue weighted by molar-refractivity contribution is 0.629. The third-order valence-corrected chi connectivity index (χ3v) is 34.0. The van der Waals surface area contributed by atoms with E-state index in [0.717, 1.165) is 0 Å². The van der Waals surface area contributed by atoms with Crippen LogP contribution in [0.3, 0.4) is 0 Å². The van der Waals surface area contributed by atoms with Crippen LogP contribution >= 0.6 is 0 Å². The van der Waals surface area contributed by atoms with Crippen molar-refractivity contribution < 1.29 is 0 Å². The van der Waals surface area contributed by atoms with Gasteiger partial charge >= 0.3 is 0 Å². The van der Waals surface area contributed by atoms with Gasteiger partial charge in [-0.2, -0.15) is 0 Å². The Morgan fingerprint density at radius 2 is 0.348 bits per heavy atom. The van der Waals surface area contributed by atoms with Gasteiger partial charge in [-0.1, -0.05) is 517 Å². The molecule has 16 aromatic rings. The van der Waals surface area contributed by atoms with E-state index in [1.807, 2.05) is 138 Å². The highest BCUT2D eigenvalue weighted by Crippen LogP contribution is 2.62. The number of para-hydroxylation sites is 10. The molecule has 5 aliphatic heterocycles. The predicted molar refractivity (Wildman–Crippen MR) is 607 cm³/mol. The van der Waals surface area contributed by atoms with Crippen molar-refractivity contribution >= 4 is 104 Å². The summed E-state index contributed by atoms with van der Waals surface area (Å²) in [4.78, 5) is 11.6. The Hall–Kier alpha value is -13.0. The van der Waals surface area contributed by atoms with Crippen LogP contribution < -0.4 is 55.6 Å². The fourth-order valence-electron chi connectivity index (χ4n) is 20.2. The smallest absolute Gasteiger partial charge is 0.183 e. The zero-order chi connectivity index (χ0) is 98.6. The number of rotatable bonds is 4. The first-order valence-electron chi connectivity index (χ1n) is 50.3. The number of hydrogen-bond donors (Lipinski definition) is 0. The number of benzene rings is 16. The Labute approximate surface area is 819 Å². The summed E-state index contributed by atoms with van der Waals surface area (Å²) in [6.45, 7) is 49.5. The van der Waals surface area contributed by atoms with E-state index < -0.39 is 16.1 Å². The molecule has 0 unspecified atom stereocenters. The van der Waals surface area contributed by atoms with Crippen LogP contribution in [0.5, 0.6) is 0 Å². The van der Waals surface area contributed by atoms with Crippen LogP contribution in [0.15, 0.2) is 413 Å². The second-order valence-electron chi connectivity index (χ2n) is 32.0. The van der Waals surface area contributed by atoms with Gasteiger partial charge < -0.3 is 24.5 Å². The molecule has 700 valence electrons. The summed E-state index contributed by atoms with van der Waals surface area (Å²) < 4.78 is 0. The van der Waals surface area contributed by atoms with Gasteiger partial charge in [0.05, 0.1) is 10.8 Å². The van der Waals surface area contributed by atoms with E-state index in [1.54, 1.807) is 10.4 Å². The number of hydrogen-bond acceptors (Lipinski definition) is 5. The molecule has 0 fully saturated rings. The summed E-state index contributed by atoms with van der Waals surface area (Å²) in [5.74, 6) is 0. The van der Waals surface area contributed by atoms with Crippen molar-refractivity contribution in [2.24, 2.45) is 0 Å². The first kappa shape index (κ1) is 107. The molecule has 7 heteroatoms. The van der Waals surface area contributed by atoms with Crippen molar-refractivity contribution in [3.8, 4) is 11.1 Å². The van der Waals surface area contributed by atoms with Gasteiger partial charge in [-0.15, -0.1) is 0 Å². The number of fused-ring (bicyclic) bond motifs is 17. The van der Waals surface area contributed by atoms with E-state index >= 15 is 0 Å². The number of nitrogens with zero attached hydrogens (tertiary/aromatic N) is 5. The molecule has 0 N–H and O–H groups in total. The quantitative estimate of drug-likeness (QED) is 0.163. The summed E-state index contributed by atoms with van der Waals surface area (Å²) in [6, 6.07) is 150. The normalized spacial score (nSPS) is 13.3. The van der Waals surface area contributed by atoms with Gasteiger partial charge in [0.1, 0.15) is 8.07 Å². The van der Waals surface area contributed by atoms with E-state index in [0.29, 0.717) is 0 Å². The Morgan fingerprint density at radius 1 is 0.170 bits per heavy atom. The SMILES string of the molecule is CC.CC.CC.CC.CC.CC.CC.CC.CC.CC.CN1c2ccccc2C(C)(C)c2ccccc21.CN1c2ccccc2C(c2ccccc2)(c2ccccc2)c2ccccc21.CN1c2ccccc2C2(c3ccccc3-c3ccccc32)c2ccccc21.CN1c2ccccc2[Si](C)(C)c2ccccc21.CN1c2ccccc2[Si](c2ccccc2)(c2ccccc2)c2ccccc21. The first-order valence-corrected chi connectivity index (χ1v) is 55.3. The minimum atomic E-state index is -2.36. The van der Waals surface area contributed by atoms with Crippen molar-refractivity contribution in [3.63, 3.8) is 0 Å². The van der Waals surface area contributed by atoms with Gasteiger partial charge in [-0.25, -0.2) is 0 Å². The van der Waals surface area contributed by atoms with Crippen molar-refractivity contribution in [2.45, 2.75) is 182 Å². The third-order valence-electron chi connectivity index (χ3n) is 25.6. The largest absolute Gasteiger partial charge is 0.345 e. The number of anilines is 10. The van der Waals surface area contributed by atoms with Crippen LogP contribution in [0, 0.1) is 0 Å². The van der Waals surface area contributed by atoms with Crippen molar-refractivity contribution in [2.75, 3.05) is 59.7 Å². The van der Waals surface area contributed by atoms with E-state index in [9.17, 15) is 0 Å². The van der Waals surface area contributed by atoms with Crippen LogP contribution in [0.1, 0.15) is 208 Å². The Balaban J connectivity index is 0.000000200. The molecule has 0 amide bonds. The highest BCUT2D eigenvalue weighted by Gasteiger charge is 2.52. The summed E-state index contributed by atoms with van der Waals surface area (Å²) >= 11 is 0.